The number of rotatable bonds is 5. The Labute approximate surface area is 153 Å². The quantitative estimate of drug-likeness (QED) is 0.806. The summed E-state index contributed by atoms with van der Waals surface area (Å²) in [4.78, 5) is 28.0. The van der Waals surface area contributed by atoms with Crippen LogP contribution in [0, 0.1) is 0 Å². The van der Waals surface area contributed by atoms with Crippen molar-refractivity contribution in [1.29, 1.82) is 0 Å². The van der Waals surface area contributed by atoms with Gasteiger partial charge in [-0.25, -0.2) is 0 Å². The van der Waals surface area contributed by atoms with Crippen LogP contribution >= 0.6 is 11.6 Å². The van der Waals surface area contributed by atoms with Crippen LogP contribution in [0.15, 0.2) is 24.3 Å². The molecule has 0 bridgehead atoms. The molecule has 0 aromatic heterocycles. The lowest BCUT2D eigenvalue weighted by Gasteiger charge is -2.34. The Hall–Kier alpha value is -1.59. The van der Waals surface area contributed by atoms with Crippen LogP contribution in [0.2, 0.25) is 5.02 Å². The number of morpholine rings is 1. The molecular formula is C19H25ClN2O3. The topological polar surface area (TPSA) is 49.9 Å². The highest BCUT2D eigenvalue weighted by atomic mass is 35.5. The molecule has 136 valence electrons. The van der Waals surface area contributed by atoms with Gasteiger partial charge in [0.15, 0.2) is 0 Å². The Morgan fingerprint density at radius 1 is 1.24 bits per heavy atom. The third-order valence-corrected chi connectivity index (χ3v) is 5.28. The monoisotopic (exact) mass is 364 g/mol. The minimum absolute atomic E-state index is 0.0331. The molecule has 2 amide bonds. The molecule has 0 N–H and O–H groups in total. The van der Waals surface area contributed by atoms with Crippen LogP contribution in [0.25, 0.3) is 0 Å². The van der Waals surface area contributed by atoms with Crippen LogP contribution in [-0.2, 0) is 20.7 Å². The zero-order valence-corrected chi connectivity index (χ0v) is 15.2. The lowest BCUT2D eigenvalue weighted by Crippen LogP contribution is -2.47. The Bertz CT molecular complexity index is 622. The number of halogens is 1. The second kappa shape index (κ2) is 8.68. The highest BCUT2D eigenvalue weighted by Crippen LogP contribution is 2.20. The summed E-state index contributed by atoms with van der Waals surface area (Å²) in [6.45, 7) is 3.06. The molecule has 5 nitrogen and oxygen atoms in total. The molecule has 25 heavy (non-hydrogen) atoms. The van der Waals surface area contributed by atoms with Crippen molar-refractivity contribution in [3.63, 3.8) is 0 Å². The average Bonchev–Trinajstić information content (AvgIpc) is 2.63. The summed E-state index contributed by atoms with van der Waals surface area (Å²) in [5.41, 5.74) is 1.04. The fourth-order valence-corrected chi connectivity index (χ4v) is 3.68. The van der Waals surface area contributed by atoms with Gasteiger partial charge in [0.1, 0.15) is 0 Å². The minimum atomic E-state index is -0.0331. The number of likely N-dealkylation sites (tertiary alicyclic amines) is 1. The number of hydrogen-bond donors (Lipinski definition) is 0. The van der Waals surface area contributed by atoms with E-state index in [9.17, 15) is 9.59 Å². The predicted octanol–water partition coefficient (Wildman–Crippen LogP) is 2.51. The van der Waals surface area contributed by atoms with Crippen LogP contribution < -0.4 is 0 Å². The number of carbonyl (C=O) groups is 2. The maximum Gasteiger partial charge on any atom is 0.224 e. The molecule has 1 aromatic carbocycles. The first-order valence-electron chi connectivity index (χ1n) is 9.04. The molecule has 2 saturated heterocycles. The summed E-state index contributed by atoms with van der Waals surface area (Å²) in [5, 5.41) is 0.734. The molecule has 2 fully saturated rings. The lowest BCUT2D eigenvalue weighted by molar-refractivity contribution is -0.140. The molecule has 0 radical (unpaired) electrons. The molecule has 1 atom stereocenters. The van der Waals surface area contributed by atoms with Gasteiger partial charge in [-0.05, 0) is 24.5 Å². The number of amides is 2. The molecule has 0 aliphatic carbocycles. The molecule has 2 aliphatic rings. The standard InChI is InChI=1S/C19H25ClN2O3/c20-17-6-2-1-5-15(17)13-16-14-22(11-12-25-16)19(24)8-10-21-9-4-3-7-18(21)23/h1-2,5-6,16H,3-4,7-14H2/t16-/m0/s1. The van der Waals surface area contributed by atoms with Gasteiger partial charge in [-0.1, -0.05) is 29.8 Å². The number of hydrogen-bond acceptors (Lipinski definition) is 3. The fraction of sp³-hybridized carbons (Fsp3) is 0.579. The van der Waals surface area contributed by atoms with E-state index in [-0.39, 0.29) is 17.9 Å². The van der Waals surface area contributed by atoms with E-state index in [1.807, 2.05) is 34.1 Å². The zero-order chi connectivity index (χ0) is 17.6. The number of benzene rings is 1. The molecule has 6 heteroatoms. The van der Waals surface area contributed by atoms with Gasteiger partial charge in [0.05, 0.1) is 12.7 Å². The first kappa shape index (κ1) is 18.2. The normalized spacial score (nSPS) is 21.5. The maximum absolute atomic E-state index is 12.5. The summed E-state index contributed by atoms with van der Waals surface area (Å²) in [6.07, 6.45) is 3.69. The number of carbonyl (C=O) groups excluding carboxylic acids is 2. The van der Waals surface area contributed by atoms with Gasteiger partial charge < -0.3 is 14.5 Å². The second-order valence-electron chi connectivity index (χ2n) is 6.72. The lowest BCUT2D eigenvalue weighted by atomic mass is 10.1. The van der Waals surface area contributed by atoms with E-state index in [1.54, 1.807) is 0 Å². The van der Waals surface area contributed by atoms with Gasteiger partial charge in [-0.3, -0.25) is 9.59 Å². The summed E-state index contributed by atoms with van der Waals surface area (Å²) in [7, 11) is 0. The molecular weight excluding hydrogens is 340 g/mol. The third kappa shape index (κ3) is 4.95. The summed E-state index contributed by atoms with van der Waals surface area (Å²) >= 11 is 6.22. The van der Waals surface area contributed by atoms with Crippen molar-refractivity contribution in [2.75, 3.05) is 32.8 Å². The van der Waals surface area contributed by atoms with E-state index >= 15 is 0 Å². The van der Waals surface area contributed by atoms with Crippen LogP contribution in [0.3, 0.4) is 0 Å². The highest BCUT2D eigenvalue weighted by Gasteiger charge is 2.26. The number of piperidine rings is 1. The van der Waals surface area contributed by atoms with Crippen molar-refractivity contribution in [2.45, 2.75) is 38.2 Å². The van der Waals surface area contributed by atoms with Gasteiger partial charge in [0.2, 0.25) is 11.8 Å². The maximum atomic E-state index is 12.5. The molecule has 3 rings (SSSR count). The average molecular weight is 365 g/mol. The van der Waals surface area contributed by atoms with Gasteiger partial charge >= 0.3 is 0 Å². The van der Waals surface area contributed by atoms with E-state index < -0.39 is 0 Å². The van der Waals surface area contributed by atoms with E-state index in [0.29, 0.717) is 45.5 Å². The molecule has 2 aliphatic heterocycles. The van der Waals surface area contributed by atoms with Crippen LogP contribution in [0.5, 0.6) is 0 Å². The summed E-state index contributed by atoms with van der Waals surface area (Å²) in [5.74, 6) is 0.281. The Balaban J connectivity index is 1.49. The number of ether oxygens (including phenoxy) is 1. The smallest absolute Gasteiger partial charge is 0.224 e. The fourth-order valence-electron chi connectivity index (χ4n) is 3.47. The predicted molar refractivity (Wildman–Crippen MR) is 96.5 cm³/mol. The number of nitrogens with zero attached hydrogens (tertiary/aromatic N) is 2. The van der Waals surface area contributed by atoms with Crippen molar-refractivity contribution in [2.24, 2.45) is 0 Å². The van der Waals surface area contributed by atoms with E-state index in [4.69, 9.17) is 16.3 Å². The zero-order valence-electron chi connectivity index (χ0n) is 14.5. The van der Waals surface area contributed by atoms with Crippen molar-refractivity contribution in [3.05, 3.63) is 34.9 Å². The van der Waals surface area contributed by atoms with Crippen LogP contribution in [0.1, 0.15) is 31.2 Å². The van der Waals surface area contributed by atoms with Crippen molar-refractivity contribution in [3.8, 4) is 0 Å². The summed E-state index contributed by atoms with van der Waals surface area (Å²) in [6, 6.07) is 7.74. The van der Waals surface area contributed by atoms with Gasteiger partial charge in [-0.2, -0.15) is 0 Å². The van der Waals surface area contributed by atoms with Crippen molar-refractivity contribution < 1.29 is 14.3 Å². The van der Waals surface area contributed by atoms with E-state index in [2.05, 4.69) is 0 Å². The van der Waals surface area contributed by atoms with E-state index in [0.717, 1.165) is 30.0 Å². The Kier molecular flexibility index (Phi) is 6.32. The Morgan fingerprint density at radius 2 is 2.08 bits per heavy atom. The van der Waals surface area contributed by atoms with Gasteiger partial charge in [0.25, 0.3) is 0 Å². The van der Waals surface area contributed by atoms with E-state index in [1.165, 1.54) is 0 Å². The molecule has 0 spiro atoms. The highest BCUT2D eigenvalue weighted by molar-refractivity contribution is 6.31. The van der Waals surface area contributed by atoms with Gasteiger partial charge in [-0.15, -0.1) is 0 Å². The molecule has 0 saturated carbocycles. The second-order valence-corrected chi connectivity index (χ2v) is 7.12. The van der Waals surface area contributed by atoms with Crippen LogP contribution in [0.4, 0.5) is 0 Å². The minimum Gasteiger partial charge on any atom is -0.374 e. The largest absolute Gasteiger partial charge is 0.374 e. The Morgan fingerprint density at radius 3 is 2.88 bits per heavy atom. The van der Waals surface area contributed by atoms with Gasteiger partial charge in [0, 0.05) is 50.5 Å². The third-order valence-electron chi connectivity index (χ3n) is 4.91. The van der Waals surface area contributed by atoms with Crippen LogP contribution in [-0.4, -0.2) is 60.5 Å². The summed E-state index contributed by atoms with van der Waals surface area (Å²) < 4.78 is 5.81. The first-order chi connectivity index (χ1) is 12.1. The molecule has 2 heterocycles. The SMILES string of the molecule is O=C1CCCCN1CCC(=O)N1CCO[C@@H](Cc2ccccc2Cl)C1. The molecule has 0 unspecified atom stereocenters. The first-order valence-corrected chi connectivity index (χ1v) is 9.42. The van der Waals surface area contributed by atoms with Crippen molar-refractivity contribution >= 4 is 23.4 Å². The van der Waals surface area contributed by atoms with Crippen molar-refractivity contribution in [1.82, 2.24) is 9.80 Å². The molecule has 1 aromatic rings.